The number of ether oxygens (including phenoxy) is 1. The molecule has 0 aliphatic carbocycles. The summed E-state index contributed by atoms with van der Waals surface area (Å²) in [4.78, 5) is 20.3. The van der Waals surface area contributed by atoms with Crippen molar-refractivity contribution in [2.24, 2.45) is 0 Å². The van der Waals surface area contributed by atoms with Crippen molar-refractivity contribution in [1.82, 2.24) is 9.97 Å². The number of rotatable bonds is 7. The molecule has 0 fully saturated rings. The molecule has 0 aliphatic rings. The molecule has 2 aromatic heterocycles. The molecule has 0 saturated heterocycles. The van der Waals surface area contributed by atoms with Crippen molar-refractivity contribution in [2.45, 2.75) is 19.3 Å². The average Bonchev–Trinajstić information content (AvgIpc) is 3.12. The van der Waals surface area contributed by atoms with Crippen molar-refractivity contribution < 1.29 is 13.9 Å². The Morgan fingerprint density at radius 1 is 1.19 bits per heavy atom. The molecule has 31 heavy (non-hydrogen) atoms. The summed E-state index contributed by atoms with van der Waals surface area (Å²) in [6, 6.07) is 15.4. The second-order valence-corrected chi connectivity index (χ2v) is 7.57. The quantitative estimate of drug-likeness (QED) is 0.373. The highest BCUT2D eigenvalue weighted by Gasteiger charge is 2.16. The molecule has 0 unspecified atom stereocenters. The number of nitrogens with one attached hydrogen (secondary N) is 2. The molecule has 2 N–H and O–H groups in total. The zero-order valence-electron chi connectivity index (χ0n) is 16.9. The molecule has 158 valence electrons. The van der Waals surface area contributed by atoms with Crippen LogP contribution in [0.15, 0.2) is 60.8 Å². The third-order valence-corrected chi connectivity index (χ3v) is 5.29. The first kappa shape index (κ1) is 20.9. The molecule has 1 amide bonds. The van der Waals surface area contributed by atoms with Gasteiger partial charge in [0.1, 0.15) is 11.6 Å². The van der Waals surface area contributed by atoms with Gasteiger partial charge in [-0.15, -0.1) is 0 Å². The van der Waals surface area contributed by atoms with Gasteiger partial charge in [-0.05, 0) is 66.9 Å². The minimum Gasteiger partial charge on any atom is -0.495 e. The predicted molar refractivity (Wildman–Crippen MR) is 121 cm³/mol. The van der Waals surface area contributed by atoms with Crippen LogP contribution in [0.5, 0.6) is 5.75 Å². The molecule has 5 nitrogen and oxygen atoms in total. The summed E-state index contributed by atoms with van der Waals surface area (Å²) in [5.74, 6) is 0.0966. The van der Waals surface area contributed by atoms with Crippen LogP contribution in [0.4, 0.5) is 10.1 Å². The first-order chi connectivity index (χ1) is 15.0. The Bertz CT molecular complexity index is 1220. The van der Waals surface area contributed by atoms with E-state index in [0.717, 1.165) is 27.9 Å². The van der Waals surface area contributed by atoms with Crippen LogP contribution >= 0.6 is 11.6 Å². The molecule has 0 aliphatic heterocycles. The van der Waals surface area contributed by atoms with Crippen LogP contribution in [0.3, 0.4) is 0 Å². The van der Waals surface area contributed by atoms with Gasteiger partial charge in [-0.25, -0.2) is 4.39 Å². The number of hydrogen-bond donors (Lipinski definition) is 2. The summed E-state index contributed by atoms with van der Waals surface area (Å²) in [5, 5.41) is 4.16. The van der Waals surface area contributed by atoms with Gasteiger partial charge in [0, 0.05) is 28.5 Å². The Kier molecular flexibility index (Phi) is 6.18. The van der Waals surface area contributed by atoms with Crippen molar-refractivity contribution in [3.05, 3.63) is 77.2 Å². The monoisotopic (exact) mass is 437 g/mol. The maximum Gasteiger partial charge on any atom is 0.224 e. The first-order valence-electron chi connectivity index (χ1n) is 9.90. The van der Waals surface area contributed by atoms with E-state index in [1.807, 2.05) is 18.2 Å². The predicted octanol–water partition coefficient (Wildman–Crippen LogP) is 5.99. The molecule has 7 heteroatoms. The van der Waals surface area contributed by atoms with Crippen LogP contribution < -0.4 is 10.1 Å². The number of pyridine rings is 1. The largest absolute Gasteiger partial charge is 0.495 e. The fraction of sp³-hybridized carbons (Fsp3) is 0.167. The third kappa shape index (κ3) is 4.70. The number of methoxy groups -OCH3 is 1. The fourth-order valence-electron chi connectivity index (χ4n) is 3.63. The van der Waals surface area contributed by atoms with Gasteiger partial charge in [-0.2, -0.15) is 0 Å². The smallest absolute Gasteiger partial charge is 0.224 e. The topological polar surface area (TPSA) is 67.0 Å². The van der Waals surface area contributed by atoms with E-state index < -0.39 is 0 Å². The molecule has 0 saturated carbocycles. The zero-order chi connectivity index (χ0) is 21.8. The number of nitrogens with zero attached hydrogens (tertiary/aromatic N) is 1. The maximum absolute atomic E-state index is 13.9. The van der Waals surface area contributed by atoms with Crippen LogP contribution in [-0.4, -0.2) is 23.0 Å². The van der Waals surface area contributed by atoms with E-state index in [1.165, 1.54) is 19.2 Å². The van der Waals surface area contributed by atoms with E-state index in [1.54, 1.807) is 30.5 Å². The SMILES string of the molecule is COc1ccc(Cl)cc1NC(=O)CCCc1c(-c2ccccn2)[nH]c2ccc(F)cc12. The van der Waals surface area contributed by atoms with Gasteiger partial charge in [-0.1, -0.05) is 17.7 Å². The fourth-order valence-corrected chi connectivity index (χ4v) is 3.80. The second-order valence-electron chi connectivity index (χ2n) is 7.13. The van der Waals surface area contributed by atoms with Crippen LogP contribution in [0, 0.1) is 5.82 Å². The summed E-state index contributed by atoms with van der Waals surface area (Å²) < 4.78 is 19.2. The number of carbonyl (C=O) groups excluding carboxylic acids is 1. The van der Waals surface area contributed by atoms with Gasteiger partial charge in [0.05, 0.1) is 24.2 Å². The van der Waals surface area contributed by atoms with Gasteiger partial charge < -0.3 is 15.0 Å². The van der Waals surface area contributed by atoms with E-state index in [-0.39, 0.29) is 11.7 Å². The first-order valence-corrected chi connectivity index (χ1v) is 10.3. The molecule has 0 spiro atoms. The van der Waals surface area contributed by atoms with E-state index in [2.05, 4.69) is 15.3 Å². The van der Waals surface area contributed by atoms with E-state index in [4.69, 9.17) is 16.3 Å². The van der Waals surface area contributed by atoms with Gasteiger partial charge in [0.25, 0.3) is 0 Å². The van der Waals surface area contributed by atoms with Crippen molar-refractivity contribution >= 4 is 34.1 Å². The highest BCUT2D eigenvalue weighted by atomic mass is 35.5. The van der Waals surface area contributed by atoms with Gasteiger partial charge in [-0.3, -0.25) is 9.78 Å². The van der Waals surface area contributed by atoms with Crippen LogP contribution in [0.1, 0.15) is 18.4 Å². The number of carbonyl (C=O) groups is 1. The highest BCUT2D eigenvalue weighted by molar-refractivity contribution is 6.31. The molecule has 4 aromatic rings. The molecule has 0 bridgehead atoms. The zero-order valence-corrected chi connectivity index (χ0v) is 17.7. The summed E-state index contributed by atoms with van der Waals surface area (Å²) in [5.41, 5.74) is 3.94. The minimum atomic E-state index is -0.300. The molecule has 2 aromatic carbocycles. The molecule has 0 atom stereocenters. The number of H-pyrrole nitrogens is 1. The lowest BCUT2D eigenvalue weighted by Crippen LogP contribution is -2.12. The Balaban J connectivity index is 1.52. The number of amides is 1. The number of anilines is 1. The summed E-state index contributed by atoms with van der Waals surface area (Å²) in [6.07, 6.45) is 3.18. The molecular weight excluding hydrogens is 417 g/mol. The van der Waals surface area contributed by atoms with Crippen LogP contribution in [0.25, 0.3) is 22.3 Å². The highest BCUT2D eigenvalue weighted by Crippen LogP contribution is 2.31. The third-order valence-electron chi connectivity index (χ3n) is 5.06. The summed E-state index contributed by atoms with van der Waals surface area (Å²) in [7, 11) is 1.54. The number of benzene rings is 2. The maximum atomic E-state index is 13.9. The number of aromatic nitrogens is 2. The Morgan fingerprint density at radius 2 is 2.06 bits per heavy atom. The van der Waals surface area contributed by atoms with Crippen LogP contribution in [0.2, 0.25) is 5.02 Å². The van der Waals surface area contributed by atoms with Gasteiger partial charge in [0.2, 0.25) is 5.91 Å². The molecule has 0 radical (unpaired) electrons. The number of hydrogen-bond acceptors (Lipinski definition) is 3. The standard InChI is InChI=1S/C24H21ClFN3O2/c1-31-22-11-8-15(25)13-21(22)28-23(30)7-4-5-17-18-14-16(26)9-10-19(18)29-24(17)20-6-2-3-12-27-20/h2-3,6,8-14,29H,4-5,7H2,1H3,(H,28,30). The lowest BCUT2D eigenvalue weighted by atomic mass is 10.0. The van der Waals surface area contributed by atoms with Crippen molar-refractivity contribution in [3.8, 4) is 17.1 Å². The second kappa shape index (κ2) is 9.18. The van der Waals surface area contributed by atoms with E-state index >= 15 is 0 Å². The van der Waals surface area contributed by atoms with Crippen molar-refractivity contribution in [3.63, 3.8) is 0 Å². The van der Waals surface area contributed by atoms with Crippen molar-refractivity contribution in [2.75, 3.05) is 12.4 Å². The Hall–Kier alpha value is -3.38. The lowest BCUT2D eigenvalue weighted by molar-refractivity contribution is -0.116. The number of aromatic amines is 1. The lowest BCUT2D eigenvalue weighted by Gasteiger charge is -2.11. The Morgan fingerprint density at radius 3 is 2.84 bits per heavy atom. The van der Waals surface area contributed by atoms with Crippen molar-refractivity contribution in [1.29, 1.82) is 0 Å². The number of halogens is 2. The van der Waals surface area contributed by atoms with Crippen LogP contribution in [-0.2, 0) is 11.2 Å². The number of aryl methyl sites for hydroxylation is 1. The van der Waals surface area contributed by atoms with E-state index in [9.17, 15) is 9.18 Å². The summed E-state index contributed by atoms with van der Waals surface area (Å²) >= 11 is 6.03. The normalized spacial score (nSPS) is 10.9. The minimum absolute atomic E-state index is 0.147. The van der Waals surface area contributed by atoms with Gasteiger partial charge >= 0.3 is 0 Å². The van der Waals surface area contributed by atoms with Gasteiger partial charge in [0.15, 0.2) is 0 Å². The summed E-state index contributed by atoms with van der Waals surface area (Å²) in [6.45, 7) is 0. The van der Waals surface area contributed by atoms with E-state index in [0.29, 0.717) is 35.7 Å². The molecule has 2 heterocycles. The average molecular weight is 438 g/mol. The molecular formula is C24H21ClFN3O2. The number of fused-ring (bicyclic) bond motifs is 1. The Labute approximate surface area is 184 Å². The molecule has 4 rings (SSSR count).